The molecule has 0 saturated heterocycles. The van der Waals surface area contributed by atoms with Crippen LogP contribution in [0.5, 0.6) is 5.75 Å². The van der Waals surface area contributed by atoms with E-state index >= 15 is 0 Å². The smallest absolute Gasteiger partial charge is 0.119 e. The Morgan fingerprint density at radius 2 is 2.00 bits per heavy atom. The molecule has 92 valence electrons. The highest BCUT2D eigenvalue weighted by Gasteiger charge is 2.22. The van der Waals surface area contributed by atoms with Crippen LogP contribution < -0.4 is 10.1 Å². The van der Waals surface area contributed by atoms with Crippen LogP contribution in [-0.4, -0.2) is 45.0 Å². The first kappa shape index (κ1) is 11.9. The average Bonchev–Trinajstić information content (AvgIpc) is 2.83. The van der Waals surface area contributed by atoms with Crippen molar-refractivity contribution in [2.45, 2.75) is 6.04 Å². The van der Waals surface area contributed by atoms with Crippen LogP contribution in [0.3, 0.4) is 0 Å². The van der Waals surface area contributed by atoms with Crippen molar-refractivity contribution in [1.29, 1.82) is 0 Å². The van der Waals surface area contributed by atoms with Crippen molar-refractivity contribution in [1.82, 2.24) is 10.2 Å². The van der Waals surface area contributed by atoms with Gasteiger partial charge in [0.05, 0.1) is 19.7 Å². The lowest BCUT2D eigenvalue weighted by Crippen LogP contribution is -2.34. The molecule has 0 aliphatic carbocycles. The molecule has 1 unspecified atom stereocenters. The molecule has 1 aliphatic heterocycles. The van der Waals surface area contributed by atoms with E-state index < -0.39 is 0 Å². The van der Waals surface area contributed by atoms with Crippen LogP contribution in [0.4, 0.5) is 0 Å². The number of methoxy groups -OCH3 is 1. The predicted octanol–water partition coefficient (Wildman–Crippen LogP) is 1.30. The molecule has 0 amide bonds. The molecule has 0 saturated carbocycles. The molecule has 0 fully saturated rings. The van der Waals surface area contributed by atoms with Gasteiger partial charge in [0.15, 0.2) is 0 Å². The number of nitrogens with zero attached hydrogens (tertiary/aromatic N) is 2. The molecule has 2 rings (SSSR count). The zero-order valence-electron chi connectivity index (χ0n) is 10.6. The minimum absolute atomic E-state index is 0.198. The fraction of sp³-hybridized carbons (Fsp3) is 0.462. The molecule has 1 N–H and O–H groups in total. The number of rotatable bonds is 4. The molecule has 0 bridgehead atoms. The lowest BCUT2D eigenvalue weighted by atomic mass is 10.0. The van der Waals surface area contributed by atoms with Gasteiger partial charge in [0.25, 0.3) is 0 Å². The summed E-state index contributed by atoms with van der Waals surface area (Å²) in [7, 11) is 5.82. The molecule has 1 aromatic carbocycles. The van der Waals surface area contributed by atoms with E-state index in [0.29, 0.717) is 0 Å². The summed E-state index contributed by atoms with van der Waals surface area (Å²) >= 11 is 0. The van der Waals surface area contributed by atoms with Gasteiger partial charge in [-0.3, -0.25) is 9.89 Å². The van der Waals surface area contributed by atoms with Crippen molar-refractivity contribution < 1.29 is 4.74 Å². The summed E-state index contributed by atoms with van der Waals surface area (Å²) in [6, 6.07) is 8.35. The Labute approximate surface area is 102 Å². The topological polar surface area (TPSA) is 36.9 Å². The number of benzene rings is 1. The summed E-state index contributed by atoms with van der Waals surface area (Å²) in [6.07, 6.45) is 0. The first-order chi connectivity index (χ1) is 8.22. The number of amidine groups is 1. The second kappa shape index (κ2) is 5.19. The van der Waals surface area contributed by atoms with Crippen LogP contribution in [0.1, 0.15) is 11.6 Å². The largest absolute Gasteiger partial charge is 0.497 e. The molecular formula is C13H19N3O. The van der Waals surface area contributed by atoms with Gasteiger partial charge in [0, 0.05) is 6.54 Å². The standard InChI is InChI=1S/C13H19N3O/c1-16(2)12(13-14-8-9-15-13)10-4-6-11(17-3)7-5-10/h4-7,12H,8-9H2,1-3H3,(H,14,15). The van der Waals surface area contributed by atoms with E-state index in [9.17, 15) is 0 Å². The van der Waals surface area contributed by atoms with E-state index in [2.05, 4.69) is 41.4 Å². The first-order valence-electron chi connectivity index (χ1n) is 5.81. The minimum atomic E-state index is 0.198. The van der Waals surface area contributed by atoms with Gasteiger partial charge in [0.2, 0.25) is 0 Å². The van der Waals surface area contributed by atoms with Crippen molar-refractivity contribution in [3.63, 3.8) is 0 Å². The summed E-state index contributed by atoms with van der Waals surface area (Å²) in [4.78, 5) is 6.67. The third-order valence-electron chi connectivity index (χ3n) is 2.91. The van der Waals surface area contributed by atoms with E-state index in [-0.39, 0.29) is 6.04 Å². The van der Waals surface area contributed by atoms with E-state index in [0.717, 1.165) is 24.7 Å². The van der Waals surface area contributed by atoms with Gasteiger partial charge in [-0.1, -0.05) is 12.1 Å². The Kier molecular flexibility index (Phi) is 3.64. The lowest BCUT2D eigenvalue weighted by molar-refractivity contribution is 0.365. The van der Waals surface area contributed by atoms with Crippen molar-refractivity contribution in [3.8, 4) is 5.75 Å². The average molecular weight is 233 g/mol. The monoisotopic (exact) mass is 233 g/mol. The highest BCUT2D eigenvalue weighted by atomic mass is 16.5. The van der Waals surface area contributed by atoms with Crippen molar-refractivity contribution in [3.05, 3.63) is 29.8 Å². The zero-order valence-corrected chi connectivity index (χ0v) is 10.6. The lowest BCUT2D eigenvalue weighted by Gasteiger charge is -2.25. The molecule has 1 atom stereocenters. The number of nitrogens with one attached hydrogen (secondary N) is 1. The molecule has 1 aliphatic rings. The second-order valence-electron chi connectivity index (χ2n) is 4.33. The molecule has 17 heavy (non-hydrogen) atoms. The summed E-state index contributed by atoms with van der Waals surface area (Å²) < 4.78 is 5.18. The molecule has 1 aromatic rings. The van der Waals surface area contributed by atoms with Crippen molar-refractivity contribution >= 4 is 5.84 Å². The third-order valence-corrected chi connectivity index (χ3v) is 2.91. The van der Waals surface area contributed by atoms with E-state index in [1.54, 1.807) is 7.11 Å². The normalized spacial score (nSPS) is 16.6. The first-order valence-corrected chi connectivity index (χ1v) is 5.81. The van der Waals surface area contributed by atoms with Gasteiger partial charge in [-0.2, -0.15) is 0 Å². The maximum absolute atomic E-state index is 5.18. The zero-order chi connectivity index (χ0) is 12.3. The SMILES string of the molecule is COc1ccc(C(C2=NCCN2)N(C)C)cc1. The Morgan fingerprint density at radius 1 is 1.29 bits per heavy atom. The number of likely N-dealkylation sites (N-methyl/N-ethyl adjacent to an activating group) is 1. The van der Waals surface area contributed by atoms with Crippen LogP contribution in [0.15, 0.2) is 29.3 Å². The minimum Gasteiger partial charge on any atom is -0.497 e. The maximum atomic E-state index is 5.18. The summed E-state index contributed by atoms with van der Waals surface area (Å²) in [6.45, 7) is 1.81. The Morgan fingerprint density at radius 3 is 2.47 bits per heavy atom. The number of hydrogen-bond acceptors (Lipinski definition) is 4. The van der Waals surface area contributed by atoms with Crippen molar-refractivity contribution in [2.24, 2.45) is 4.99 Å². The van der Waals surface area contributed by atoms with Gasteiger partial charge in [0.1, 0.15) is 11.6 Å². The van der Waals surface area contributed by atoms with Gasteiger partial charge < -0.3 is 10.1 Å². The van der Waals surface area contributed by atoms with Crippen molar-refractivity contribution in [2.75, 3.05) is 34.3 Å². The Hall–Kier alpha value is -1.55. The molecule has 0 radical (unpaired) electrons. The second-order valence-corrected chi connectivity index (χ2v) is 4.33. The Bertz CT molecular complexity index is 398. The fourth-order valence-corrected chi connectivity index (χ4v) is 2.09. The fourth-order valence-electron chi connectivity index (χ4n) is 2.09. The molecule has 0 spiro atoms. The highest BCUT2D eigenvalue weighted by Crippen LogP contribution is 2.22. The van der Waals surface area contributed by atoms with Crippen LogP contribution in [0, 0.1) is 0 Å². The third kappa shape index (κ3) is 2.58. The van der Waals surface area contributed by atoms with E-state index in [4.69, 9.17) is 4.74 Å². The summed E-state index contributed by atoms with van der Waals surface area (Å²) in [5.41, 5.74) is 1.23. The highest BCUT2D eigenvalue weighted by molar-refractivity contribution is 5.89. The van der Waals surface area contributed by atoms with Gasteiger partial charge >= 0.3 is 0 Å². The number of hydrogen-bond donors (Lipinski definition) is 1. The van der Waals surface area contributed by atoms with Gasteiger partial charge in [-0.05, 0) is 31.8 Å². The maximum Gasteiger partial charge on any atom is 0.119 e. The Balaban J connectivity index is 2.25. The van der Waals surface area contributed by atoms with Crippen LogP contribution in [-0.2, 0) is 0 Å². The van der Waals surface area contributed by atoms with Gasteiger partial charge in [-0.25, -0.2) is 0 Å². The summed E-state index contributed by atoms with van der Waals surface area (Å²) in [5, 5.41) is 3.34. The molecule has 4 heteroatoms. The number of aliphatic imine (C=N–C) groups is 1. The van der Waals surface area contributed by atoms with E-state index in [1.807, 2.05) is 12.1 Å². The van der Waals surface area contributed by atoms with Gasteiger partial charge in [-0.15, -0.1) is 0 Å². The summed E-state index contributed by atoms with van der Waals surface area (Å²) in [5.74, 6) is 1.94. The van der Waals surface area contributed by atoms with E-state index in [1.165, 1.54) is 5.56 Å². The molecular weight excluding hydrogens is 214 g/mol. The van der Waals surface area contributed by atoms with Crippen LogP contribution >= 0.6 is 0 Å². The molecule has 1 heterocycles. The van der Waals surface area contributed by atoms with Crippen LogP contribution in [0.25, 0.3) is 0 Å². The van der Waals surface area contributed by atoms with Crippen LogP contribution in [0.2, 0.25) is 0 Å². The molecule has 4 nitrogen and oxygen atoms in total. The number of ether oxygens (including phenoxy) is 1. The predicted molar refractivity (Wildman–Crippen MR) is 69.7 cm³/mol. The quantitative estimate of drug-likeness (QED) is 0.851. The molecule has 0 aromatic heterocycles.